The molecule has 86 valence electrons. The van der Waals surface area contributed by atoms with Crippen LogP contribution in [0.3, 0.4) is 0 Å². The van der Waals surface area contributed by atoms with E-state index in [4.69, 9.17) is 5.73 Å². The summed E-state index contributed by atoms with van der Waals surface area (Å²) in [6.45, 7) is 0.764. The van der Waals surface area contributed by atoms with Crippen LogP contribution in [0.25, 0.3) is 10.1 Å². The molecule has 1 aromatic heterocycles. The molecule has 1 aromatic carbocycles. The van der Waals surface area contributed by atoms with Crippen molar-refractivity contribution in [1.29, 1.82) is 0 Å². The van der Waals surface area contributed by atoms with Crippen molar-refractivity contribution >= 4 is 21.4 Å². The predicted octanol–water partition coefficient (Wildman–Crippen LogP) is 2.90. The molecule has 2 nitrogen and oxygen atoms in total. The standard InChI is InChI=1S/C13H18N2S/c1-15-12(6-4-8-14)11-9-16-13-7-3-2-5-10(11)13/h2-3,5,7,9,12,15H,4,6,8,14H2,1H3. The summed E-state index contributed by atoms with van der Waals surface area (Å²) in [6.07, 6.45) is 2.17. The lowest BCUT2D eigenvalue weighted by molar-refractivity contribution is 0.535. The number of rotatable bonds is 5. The minimum Gasteiger partial charge on any atom is -0.330 e. The van der Waals surface area contributed by atoms with E-state index in [1.807, 2.05) is 18.4 Å². The van der Waals surface area contributed by atoms with E-state index in [9.17, 15) is 0 Å². The van der Waals surface area contributed by atoms with Gasteiger partial charge in [-0.2, -0.15) is 0 Å². The molecule has 1 unspecified atom stereocenters. The monoisotopic (exact) mass is 234 g/mol. The van der Waals surface area contributed by atoms with Crippen LogP contribution in [0.4, 0.5) is 0 Å². The van der Waals surface area contributed by atoms with Crippen LogP contribution >= 0.6 is 11.3 Å². The van der Waals surface area contributed by atoms with Crippen LogP contribution in [0.15, 0.2) is 29.6 Å². The minimum atomic E-state index is 0.430. The van der Waals surface area contributed by atoms with Crippen LogP contribution in [0, 0.1) is 0 Å². The Balaban J connectivity index is 2.30. The Kier molecular flexibility index (Phi) is 3.93. The second-order valence-electron chi connectivity index (χ2n) is 3.96. The fraction of sp³-hybridized carbons (Fsp3) is 0.385. The van der Waals surface area contributed by atoms with Gasteiger partial charge in [-0.15, -0.1) is 11.3 Å². The van der Waals surface area contributed by atoms with Gasteiger partial charge in [-0.25, -0.2) is 0 Å². The first kappa shape index (κ1) is 11.6. The number of nitrogens with one attached hydrogen (secondary N) is 1. The number of benzene rings is 1. The molecule has 0 saturated heterocycles. The largest absolute Gasteiger partial charge is 0.330 e. The number of hydrogen-bond donors (Lipinski definition) is 2. The average molecular weight is 234 g/mol. The molecule has 3 heteroatoms. The van der Waals surface area contributed by atoms with Crippen molar-refractivity contribution in [2.24, 2.45) is 5.73 Å². The van der Waals surface area contributed by atoms with Gasteiger partial charge in [0.25, 0.3) is 0 Å². The van der Waals surface area contributed by atoms with Gasteiger partial charge in [0.1, 0.15) is 0 Å². The molecule has 0 aliphatic heterocycles. The first-order valence-corrected chi connectivity index (χ1v) is 6.58. The zero-order valence-corrected chi connectivity index (χ0v) is 10.4. The molecule has 2 rings (SSSR count). The van der Waals surface area contributed by atoms with Gasteiger partial charge in [-0.05, 0) is 48.8 Å². The molecule has 0 aliphatic rings. The zero-order chi connectivity index (χ0) is 11.4. The first-order valence-electron chi connectivity index (χ1n) is 5.70. The van der Waals surface area contributed by atoms with E-state index in [1.54, 1.807) is 0 Å². The first-order chi connectivity index (χ1) is 7.86. The molecule has 0 amide bonds. The van der Waals surface area contributed by atoms with E-state index in [0.717, 1.165) is 19.4 Å². The zero-order valence-electron chi connectivity index (χ0n) is 9.57. The summed E-state index contributed by atoms with van der Waals surface area (Å²) >= 11 is 1.82. The van der Waals surface area contributed by atoms with Gasteiger partial charge in [-0.3, -0.25) is 0 Å². The second-order valence-corrected chi connectivity index (χ2v) is 4.87. The number of nitrogens with two attached hydrogens (primary N) is 1. The molecule has 2 aromatic rings. The molecular weight excluding hydrogens is 216 g/mol. The predicted molar refractivity (Wildman–Crippen MR) is 71.9 cm³/mol. The average Bonchev–Trinajstić information content (AvgIpc) is 2.75. The van der Waals surface area contributed by atoms with Crippen molar-refractivity contribution in [3.63, 3.8) is 0 Å². The highest BCUT2D eigenvalue weighted by molar-refractivity contribution is 7.17. The lowest BCUT2D eigenvalue weighted by Gasteiger charge is -2.15. The quantitative estimate of drug-likeness (QED) is 0.835. The van der Waals surface area contributed by atoms with Gasteiger partial charge in [-0.1, -0.05) is 18.2 Å². The maximum absolute atomic E-state index is 5.57. The third kappa shape index (κ3) is 2.26. The summed E-state index contributed by atoms with van der Waals surface area (Å²) in [4.78, 5) is 0. The van der Waals surface area contributed by atoms with E-state index in [-0.39, 0.29) is 0 Å². The number of thiophene rings is 1. The summed E-state index contributed by atoms with van der Waals surface area (Å²) in [6, 6.07) is 9.01. The van der Waals surface area contributed by atoms with E-state index >= 15 is 0 Å². The molecule has 16 heavy (non-hydrogen) atoms. The van der Waals surface area contributed by atoms with Crippen molar-refractivity contribution in [1.82, 2.24) is 5.32 Å². The highest BCUT2D eigenvalue weighted by Gasteiger charge is 2.13. The highest BCUT2D eigenvalue weighted by atomic mass is 32.1. The van der Waals surface area contributed by atoms with Gasteiger partial charge >= 0.3 is 0 Å². The Morgan fingerprint density at radius 1 is 1.38 bits per heavy atom. The number of fused-ring (bicyclic) bond motifs is 1. The Hall–Kier alpha value is -0.900. The van der Waals surface area contributed by atoms with E-state index in [1.165, 1.54) is 15.6 Å². The highest BCUT2D eigenvalue weighted by Crippen LogP contribution is 2.31. The van der Waals surface area contributed by atoms with Crippen molar-refractivity contribution < 1.29 is 0 Å². The van der Waals surface area contributed by atoms with E-state index in [0.29, 0.717) is 6.04 Å². The van der Waals surface area contributed by atoms with Crippen molar-refractivity contribution in [3.8, 4) is 0 Å². The summed E-state index contributed by atoms with van der Waals surface area (Å²) in [5, 5.41) is 7.03. The van der Waals surface area contributed by atoms with Crippen LogP contribution in [0.5, 0.6) is 0 Å². The second kappa shape index (κ2) is 5.43. The molecular formula is C13H18N2S. The van der Waals surface area contributed by atoms with Crippen LogP contribution in [0.1, 0.15) is 24.4 Å². The number of hydrogen-bond acceptors (Lipinski definition) is 3. The maximum atomic E-state index is 5.57. The molecule has 1 heterocycles. The minimum absolute atomic E-state index is 0.430. The third-order valence-electron chi connectivity index (χ3n) is 2.93. The fourth-order valence-electron chi connectivity index (χ4n) is 2.05. The molecule has 0 fully saturated rings. The molecule has 0 aliphatic carbocycles. The summed E-state index contributed by atoms with van der Waals surface area (Å²) in [5.74, 6) is 0. The normalized spacial score (nSPS) is 13.1. The van der Waals surface area contributed by atoms with E-state index < -0.39 is 0 Å². The summed E-state index contributed by atoms with van der Waals surface area (Å²) in [5.41, 5.74) is 6.99. The van der Waals surface area contributed by atoms with Crippen LogP contribution in [0.2, 0.25) is 0 Å². The molecule has 0 radical (unpaired) electrons. The fourth-order valence-corrected chi connectivity index (χ4v) is 3.06. The van der Waals surface area contributed by atoms with Crippen molar-refractivity contribution in [2.45, 2.75) is 18.9 Å². The Labute approximate surface area is 100 Å². The lowest BCUT2D eigenvalue weighted by atomic mass is 10.0. The van der Waals surface area contributed by atoms with Crippen LogP contribution < -0.4 is 11.1 Å². The van der Waals surface area contributed by atoms with E-state index in [2.05, 4.69) is 35.0 Å². The summed E-state index contributed by atoms with van der Waals surface area (Å²) in [7, 11) is 2.02. The molecule has 1 atom stereocenters. The van der Waals surface area contributed by atoms with Crippen LogP contribution in [-0.4, -0.2) is 13.6 Å². The van der Waals surface area contributed by atoms with Gasteiger partial charge in [0.2, 0.25) is 0 Å². The Morgan fingerprint density at radius 2 is 2.19 bits per heavy atom. The molecule has 0 saturated carbocycles. The van der Waals surface area contributed by atoms with Gasteiger partial charge < -0.3 is 11.1 Å². The smallest absolute Gasteiger partial charge is 0.0346 e. The molecule has 3 N–H and O–H groups in total. The topological polar surface area (TPSA) is 38.0 Å². The van der Waals surface area contributed by atoms with Gasteiger partial charge in [0.05, 0.1) is 0 Å². The maximum Gasteiger partial charge on any atom is 0.0346 e. The Morgan fingerprint density at radius 3 is 2.94 bits per heavy atom. The molecule has 0 spiro atoms. The molecule has 0 bridgehead atoms. The Bertz CT molecular complexity index is 450. The summed E-state index contributed by atoms with van der Waals surface area (Å²) < 4.78 is 1.37. The SMILES string of the molecule is CNC(CCCN)c1csc2ccccc12. The lowest BCUT2D eigenvalue weighted by Crippen LogP contribution is -2.17. The third-order valence-corrected chi connectivity index (χ3v) is 3.91. The van der Waals surface area contributed by atoms with Crippen LogP contribution in [-0.2, 0) is 0 Å². The van der Waals surface area contributed by atoms with Crippen molar-refractivity contribution in [2.75, 3.05) is 13.6 Å². The van der Waals surface area contributed by atoms with Crippen molar-refractivity contribution in [3.05, 3.63) is 35.2 Å². The van der Waals surface area contributed by atoms with Gasteiger partial charge in [0, 0.05) is 10.7 Å². The van der Waals surface area contributed by atoms with Gasteiger partial charge in [0.15, 0.2) is 0 Å².